The predicted octanol–water partition coefficient (Wildman–Crippen LogP) is 1.40. The highest BCUT2D eigenvalue weighted by atomic mass is 16.5. The Morgan fingerprint density at radius 2 is 2.18 bits per heavy atom. The Morgan fingerprint density at radius 3 is 2.95 bits per heavy atom. The number of nitrogens with zero attached hydrogens (tertiary/aromatic N) is 1. The van der Waals surface area contributed by atoms with E-state index in [4.69, 9.17) is 14.2 Å². The summed E-state index contributed by atoms with van der Waals surface area (Å²) in [5, 5.41) is 0. The molecule has 2 saturated heterocycles. The lowest BCUT2D eigenvalue weighted by atomic mass is 9.84. The lowest BCUT2D eigenvalue weighted by molar-refractivity contribution is -0.201. The SMILES string of the molecule is CO[C@@H]1CCOC2(C1)CN(C(=O)[C@@H]1Cc3ccccc3O1)C2. The fourth-order valence-corrected chi connectivity index (χ4v) is 3.73. The highest BCUT2D eigenvalue weighted by Crippen LogP contribution is 2.37. The molecule has 0 aromatic heterocycles. The molecule has 2 atom stereocenters. The lowest BCUT2D eigenvalue weighted by Crippen LogP contribution is -2.68. The van der Waals surface area contributed by atoms with Gasteiger partial charge in [-0.2, -0.15) is 0 Å². The molecular weight excluding hydrogens is 282 g/mol. The molecule has 5 nitrogen and oxygen atoms in total. The predicted molar refractivity (Wildman–Crippen MR) is 79.9 cm³/mol. The van der Waals surface area contributed by atoms with Crippen LogP contribution in [0.15, 0.2) is 24.3 Å². The Morgan fingerprint density at radius 1 is 1.36 bits per heavy atom. The summed E-state index contributed by atoms with van der Waals surface area (Å²) in [6, 6.07) is 7.86. The summed E-state index contributed by atoms with van der Waals surface area (Å²) >= 11 is 0. The average Bonchev–Trinajstić information content (AvgIpc) is 2.96. The van der Waals surface area contributed by atoms with Gasteiger partial charge in [-0.05, 0) is 18.1 Å². The minimum absolute atomic E-state index is 0.0740. The van der Waals surface area contributed by atoms with Crippen LogP contribution in [0.3, 0.4) is 0 Å². The van der Waals surface area contributed by atoms with Crippen LogP contribution in [-0.4, -0.2) is 55.4 Å². The van der Waals surface area contributed by atoms with Crippen molar-refractivity contribution in [1.29, 1.82) is 0 Å². The van der Waals surface area contributed by atoms with Crippen LogP contribution >= 0.6 is 0 Å². The maximum Gasteiger partial charge on any atom is 0.264 e. The van der Waals surface area contributed by atoms with Crippen LogP contribution in [0.2, 0.25) is 0 Å². The van der Waals surface area contributed by atoms with Gasteiger partial charge in [0.2, 0.25) is 0 Å². The van der Waals surface area contributed by atoms with Crippen LogP contribution in [0, 0.1) is 0 Å². The Hall–Kier alpha value is -1.59. The van der Waals surface area contributed by atoms with Crippen LogP contribution in [0.25, 0.3) is 0 Å². The van der Waals surface area contributed by atoms with Crippen molar-refractivity contribution in [3.63, 3.8) is 0 Å². The highest BCUT2D eigenvalue weighted by molar-refractivity contribution is 5.83. The number of para-hydroxylation sites is 1. The molecule has 0 radical (unpaired) electrons. The molecule has 22 heavy (non-hydrogen) atoms. The van der Waals surface area contributed by atoms with Crippen molar-refractivity contribution in [3.8, 4) is 5.75 Å². The number of ether oxygens (including phenoxy) is 3. The average molecular weight is 303 g/mol. The quantitative estimate of drug-likeness (QED) is 0.828. The van der Waals surface area contributed by atoms with E-state index in [0.29, 0.717) is 26.1 Å². The number of likely N-dealkylation sites (tertiary alicyclic amines) is 1. The number of fused-ring (bicyclic) bond motifs is 1. The number of amides is 1. The zero-order chi connectivity index (χ0) is 15.2. The number of hydrogen-bond donors (Lipinski definition) is 0. The van der Waals surface area contributed by atoms with Gasteiger partial charge in [0.1, 0.15) is 11.4 Å². The Balaban J connectivity index is 1.37. The van der Waals surface area contributed by atoms with E-state index in [1.807, 2.05) is 29.2 Å². The number of methoxy groups -OCH3 is 1. The van der Waals surface area contributed by atoms with Crippen molar-refractivity contribution in [2.45, 2.75) is 37.1 Å². The van der Waals surface area contributed by atoms with Gasteiger partial charge in [0.25, 0.3) is 5.91 Å². The third-order valence-corrected chi connectivity index (χ3v) is 4.97. The molecule has 0 N–H and O–H groups in total. The van der Waals surface area contributed by atoms with Gasteiger partial charge in [0, 0.05) is 26.6 Å². The highest BCUT2D eigenvalue weighted by Gasteiger charge is 2.51. The molecule has 1 aromatic carbocycles. The van der Waals surface area contributed by atoms with E-state index >= 15 is 0 Å². The van der Waals surface area contributed by atoms with Crippen LogP contribution in [0.4, 0.5) is 0 Å². The molecule has 1 spiro atoms. The lowest BCUT2D eigenvalue weighted by Gasteiger charge is -2.53. The molecule has 1 aromatic rings. The van der Waals surface area contributed by atoms with E-state index in [2.05, 4.69) is 0 Å². The van der Waals surface area contributed by atoms with Crippen LogP contribution in [0.5, 0.6) is 5.75 Å². The summed E-state index contributed by atoms with van der Waals surface area (Å²) in [6.45, 7) is 2.02. The van der Waals surface area contributed by atoms with Gasteiger partial charge in [0.05, 0.1) is 19.2 Å². The van der Waals surface area contributed by atoms with E-state index in [0.717, 1.165) is 24.2 Å². The molecule has 3 aliphatic heterocycles. The summed E-state index contributed by atoms with van der Waals surface area (Å²) in [5.41, 5.74) is 0.921. The Labute approximate surface area is 130 Å². The topological polar surface area (TPSA) is 48.0 Å². The van der Waals surface area contributed by atoms with Gasteiger partial charge in [0.15, 0.2) is 6.10 Å². The molecule has 3 aliphatic rings. The second-order valence-electron chi connectivity index (χ2n) is 6.49. The normalized spacial score (nSPS) is 28.9. The zero-order valence-electron chi connectivity index (χ0n) is 12.8. The van der Waals surface area contributed by atoms with Crippen LogP contribution in [0.1, 0.15) is 18.4 Å². The summed E-state index contributed by atoms with van der Waals surface area (Å²) < 4.78 is 17.2. The van der Waals surface area contributed by atoms with Crippen LogP contribution in [-0.2, 0) is 20.7 Å². The van der Waals surface area contributed by atoms with Gasteiger partial charge < -0.3 is 19.1 Å². The van der Waals surface area contributed by atoms with Gasteiger partial charge in [-0.25, -0.2) is 0 Å². The van der Waals surface area contributed by atoms with Crippen molar-refractivity contribution in [2.75, 3.05) is 26.8 Å². The van der Waals surface area contributed by atoms with Gasteiger partial charge in [-0.15, -0.1) is 0 Å². The van der Waals surface area contributed by atoms with E-state index in [1.165, 1.54) is 0 Å². The van der Waals surface area contributed by atoms with E-state index in [1.54, 1.807) is 7.11 Å². The van der Waals surface area contributed by atoms with Gasteiger partial charge >= 0.3 is 0 Å². The van der Waals surface area contributed by atoms with Gasteiger partial charge in [-0.1, -0.05) is 18.2 Å². The number of benzene rings is 1. The van der Waals surface area contributed by atoms with Crippen molar-refractivity contribution < 1.29 is 19.0 Å². The fraction of sp³-hybridized carbons (Fsp3) is 0.588. The first-order chi connectivity index (χ1) is 10.7. The number of carbonyl (C=O) groups excluding carboxylic acids is 1. The summed E-state index contributed by atoms with van der Waals surface area (Å²) in [7, 11) is 1.74. The smallest absolute Gasteiger partial charge is 0.264 e. The Kier molecular flexibility index (Phi) is 3.35. The molecule has 5 heteroatoms. The van der Waals surface area contributed by atoms with E-state index in [-0.39, 0.29) is 23.7 Å². The first-order valence-corrected chi connectivity index (χ1v) is 7.89. The summed E-state index contributed by atoms with van der Waals surface area (Å²) in [5.74, 6) is 0.911. The van der Waals surface area contributed by atoms with E-state index < -0.39 is 0 Å². The standard InChI is InChI=1S/C17H21NO4/c1-20-13-6-7-21-17(9-13)10-18(11-17)16(19)15-8-12-4-2-3-5-14(12)22-15/h2-5,13,15H,6-11H2,1H3/t13-,15+/m1/s1. The molecule has 0 aliphatic carbocycles. The van der Waals surface area contributed by atoms with Crippen molar-refractivity contribution in [1.82, 2.24) is 4.90 Å². The first-order valence-electron chi connectivity index (χ1n) is 7.89. The third kappa shape index (κ3) is 2.29. The van der Waals surface area contributed by atoms with Crippen molar-refractivity contribution in [3.05, 3.63) is 29.8 Å². The minimum atomic E-state index is -0.378. The molecule has 2 fully saturated rings. The molecule has 1 amide bonds. The largest absolute Gasteiger partial charge is 0.480 e. The first kappa shape index (κ1) is 14.0. The molecule has 0 bridgehead atoms. The monoisotopic (exact) mass is 303 g/mol. The van der Waals surface area contributed by atoms with Crippen molar-refractivity contribution >= 4 is 5.91 Å². The minimum Gasteiger partial charge on any atom is -0.480 e. The van der Waals surface area contributed by atoms with Gasteiger partial charge in [-0.3, -0.25) is 4.79 Å². The molecule has 4 rings (SSSR count). The molecule has 118 valence electrons. The molecule has 0 unspecified atom stereocenters. The second kappa shape index (κ2) is 5.25. The molecule has 0 saturated carbocycles. The van der Waals surface area contributed by atoms with Crippen molar-refractivity contribution in [2.24, 2.45) is 0 Å². The molecular formula is C17H21NO4. The third-order valence-electron chi connectivity index (χ3n) is 4.97. The number of hydrogen-bond acceptors (Lipinski definition) is 4. The summed E-state index contributed by atoms with van der Waals surface area (Å²) in [4.78, 5) is 14.4. The fourth-order valence-electron chi connectivity index (χ4n) is 3.73. The second-order valence-corrected chi connectivity index (χ2v) is 6.49. The summed E-state index contributed by atoms with van der Waals surface area (Å²) in [6.07, 6.45) is 2.35. The number of rotatable bonds is 2. The number of carbonyl (C=O) groups is 1. The van der Waals surface area contributed by atoms with E-state index in [9.17, 15) is 4.79 Å². The molecule has 3 heterocycles. The Bertz CT molecular complexity index is 557. The maximum absolute atomic E-state index is 12.6. The maximum atomic E-state index is 12.6. The van der Waals surface area contributed by atoms with Crippen LogP contribution < -0.4 is 4.74 Å². The zero-order valence-corrected chi connectivity index (χ0v) is 12.8.